The molecular formula is C9H10N4OS. The first kappa shape index (κ1) is 10.0. The molecule has 0 aromatic carbocycles. The van der Waals surface area contributed by atoms with Crippen LogP contribution in [0.2, 0.25) is 0 Å². The van der Waals surface area contributed by atoms with E-state index in [0.717, 1.165) is 0 Å². The fraction of sp³-hybridized carbons (Fsp3) is 0.222. The minimum absolute atomic E-state index is 0.0321. The number of carbonyl (C=O) groups excluding carboxylic acids is 1. The Morgan fingerprint density at radius 2 is 2.47 bits per heavy atom. The molecule has 0 amide bonds. The molecule has 0 radical (unpaired) electrons. The van der Waals surface area contributed by atoms with Crippen molar-refractivity contribution in [1.29, 1.82) is 0 Å². The second-order valence-corrected chi connectivity index (χ2v) is 3.83. The number of Topliss-reactive ketones (excluding diaryl/α,β-unsaturated/α-hetero) is 1. The van der Waals surface area contributed by atoms with Gasteiger partial charge in [0.15, 0.2) is 5.78 Å². The summed E-state index contributed by atoms with van der Waals surface area (Å²) < 4.78 is 1.50. The van der Waals surface area contributed by atoms with Crippen LogP contribution in [0, 0.1) is 0 Å². The third-order valence-electron chi connectivity index (χ3n) is 1.94. The second-order valence-electron chi connectivity index (χ2n) is 3.05. The van der Waals surface area contributed by atoms with Gasteiger partial charge in [-0.3, -0.25) is 4.79 Å². The Bertz CT molecular complexity index is 448. The summed E-state index contributed by atoms with van der Waals surface area (Å²) in [5, 5.41) is 11.3. The van der Waals surface area contributed by atoms with Crippen molar-refractivity contribution in [2.24, 2.45) is 5.73 Å². The lowest BCUT2D eigenvalue weighted by Crippen LogP contribution is -2.10. The molecule has 0 saturated heterocycles. The number of hydrogen-bond donors (Lipinski definition) is 1. The fourth-order valence-corrected chi connectivity index (χ4v) is 1.83. The first-order valence-corrected chi connectivity index (χ1v) is 5.38. The predicted octanol–water partition coefficient (Wildman–Crippen LogP) is 0.681. The summed E-state index contributed by atoms with van der Waals surface area (Å²) in [4.78, 5) is 11.7. The molecule has 2 aromatic heterocycles. The van der Waals surface area contributed by atoms with Gasteiger partial charge in [-0.25, -0.2) is 4.68 Å². The lowest BCUT2D eigenvalue weighted by Gasteiger charge is -1.96. The third-order valence-corrected chi connectivity index (χ3v) is 2.63. The Labute approximate surface area is 90.5 Å². The van der Waals surface area contributed by atoms with Crippen molar-refractivity contribution in [3.63, 3.8) is 0 Å². The van der Waals surface area contributed by atoms with Crippen LogP contribution in [0.4, 0.5) is 0 Å². The summed E-state index contributed by atoms with van der Waals surface area (Å²) in [6, 6.07) is 1.80. The highest BCUT2D eigenvalue weighted by Gasteiger charge is 2.08. The van der Waals surface area contributed by atoms with Crippen LogP contribution in [0.25, 0.3) is 0 Å². The smallest absolute Gasteiger partial charge is 0.185 e. The molecule has 0 aliphatic rings. The number of hydrogen-bond acceptors (Lipinski definition) is 5. The van der Waals surface area contributed by atoms with Crippen molar-refractivity contribution in [2.45, 2.75) is 13.1 Å². The van der Waals surface area contributed by atoms with E-state index in [9.17, 15) is 4.79 Å². The molecule has 2 heterocycles. The molecule has 2 N–H and O–H groups in total. The number of thiophene rings is 1. The number of ketones is 1. The Morgan fingerprint density at radius 1 is 1.60 bits per heavy atom. The van der Waals surface area contributed by atoms with Crippen molar-refractivity contribution in [3.05, 3.63) is 34.3 Å². The van der Waals surface area contributed by atoms with E-state index in [4.69, 9.17) is 5.73 Å². The average Bonchev–Trinajstić information content (AvgIpc) is 2.87. The minimum atomic E-state index is 0.0321. The monoisotopic (exact) mass is 222 g/mol. The Hall–Kier alpha value is -1.53. The van der Waals surface area contributed by atoms with E-state index in [-0.39, 0.29) is 12.3 Å². The number of nitrogens with two attached hydrogens (primary N) is 1. The van der Waals surface area contributed by atoms with Gasteiger partial charge in [-0.05, 0) is 11.4 Å². The van der Waals surface area contributed by atoms with Gasteiger partial charge in [0, 0.05) is 17.5 Å². The summed E-state index contributed by atoms with van der Waals surface area (Å²) in [5.41, 5.74) is 6.79. The number of aromatic nitrogens is 3. The molecule has 0 aliphatic carbocycles. The lowest BCUT2D eigenvalue weighted by molar-refractivity contribution is 0.0967. The maximum atomic E-state index is 11.7. The van der Waals surface area contributed by atoms with Gasteiger partial charge >= 0.3 is 0 Å². The molecule has 78 valence electrons. The zero-order valence-corrected chi connectivity index (χ0v) is 8.78. The minimum Gasteiger partial charge on any atom is -0.325 e. The van der Waals surface area contributed by atoms with E-state index in [0.29, 0.717) is 17.8 Å². The largest absolute Gasteiger partial charge is 0.325 e. The molecule has 5 nitrogen and oxygen atoms in total. The van der Waals surface area contributed by atoms with Gasteiger partial charge in [-0.2, -0.15) is 11.3 Å². The first-order chi connectivity index (χ1) is 7.29. The van der Waals surface area contributed by atoms with Crippen molar-refractivity contribution < 1.29 is 4.79 Å². The molecule has 6 heteroatoms. The van der Waals surface area contributed by atoms with E-state index in [1.54, 1.807) is 12.3 Å². The van der Waals surface area contributed by atoms with Gasteiger partial charge in [0.1, 0.15) is 6.54 Å². The highest BCUT2D eigenvalue weighted by molar-refractivity contribution is 7.08. The second kappa shape index (κ2) is 4.33. The van der Waals surface area contributed by atoms with Crippen molar-refractivity contribution in [3.8, 4) is 0 Å². The van der Waals surface area contributed by atoms with Crippen molar-refractivity contribution in [1.82, 2.24) is 15.0 Å². The van der Waals surface area contributed by atoms with Gasteiger partial charge in [0.05, 0.1) is 11.9 Å². The Kier molecular flexibility index (Phi) is 2.89. The molecule has 2 aromatic rings. The third kappa shape index (κ3) is 2.28. The molecule has 0 bridgehead atoms. The zero-order chi connectivity index (χ0) is 10.7. The van der Waals surface area contributed by atoms with E-state index >= 15 is 0 Å². The van der Waals surface area contributed by atoms with Crippen LogP contribution in [0.15, 0.2) is 23.0 Å². The summed E-state index contributed by atoms with van der Waals surface area (Å²) in [6.07, 6.45) is 1.68. The average molecular weight is 222 g/mol. The molecule has 2 rings (SSSR count). The van der Waals surface area contributed by atoms with Gasteiger partial charge < -0.3 is 5.73 Å². The van der Waals surface area contributed by atoms with Gasteiger partial charge in [-0.15, -0.1) is 5.10 Å². The Balaban J connectivity index is 2.06. The predicted molar refractivity (Wildman–Crippen MR) is 56.6 cm³/mol. The van der Waals surface area contributed by atoms with Crippen LogP contribution in [-0.2, 0) is 13.1 Å². The van der Waals surface area contributed by atoms with Crippen LogP contribution in [-0.4, -0.2) is 20.8 Å². The molecule has 0 aliphatic heterocycles. The maximum Gasteiger partial charge on any atom is 0.185 e. The van der Waals surface area contributed by atoms with Crippen molar-refractivity contribution >= 4 is 17.1 Å². The number of rotatable bonds is 4. The molecule has 15 heavy (non-hydrogen) atoms. The number of nitrogens with zero attached hydrogens (tertiary/aromatic N) is 3. The molecule has 0 unspecified atom stereocenters. The van der Waals surface area contributed by atoms with Crippen LogP contribution >= 0.6 is 11.3 Å². The summed E-state index contributed by atoms with van der Waals surface area (Å²) in [7, 11) is 0. The first-order valence-electron chi connectivity index (χ1n) is 4.44. The Morgan fingerprint density at radius 3 is 3.07 bits per heavy atom. The van der Waals surface area contributed by atoms with E-state index in [1.807, 2.05) is 10.8 Å². The topological polar surface area (TPSA) is 73.8 Å². The van der Waals surface area contributed by atoms with E-state index in [1.165, 1.54) is 16.0 Å². The van der Waals surface area contributed by atoms with Gasteiger partial charge in [0.2, 0.25) is 0 Å². The van der Waals surface area contributed by atoms with Crippen LogP contribution in [0.3, 0.4) is 0 Å². The van der Waals surface area contributed by atoms with Crippen LogP contribution < -0.4 is 5.73 Å². The van der Waals surface area contributed by atoms with Crippen LogP contribution in [0.1, 0.15) is 16.1 Å². The van der Waals surface area contributed by atoms with Crippen LogP contribution in [0.5, 0.6) is 0 Å². The fourth-order valence-electron chi connectivity index (χ4n) is 1.17. The molecule has 0 atom stereocenters. The van der Waals surface area contributed by atoms with Gasteiger partial charge in [-0.1, -0.05) is 5.21 Å². The highest BCUT2D eigenvalue weighted by Crippen LogP contribution is 2.07. The number of carbonyl (C=O) groups is 1. The molecular weight excluding hydrogens is 212 g/mol. The van der Waals surface area contributed by atoms with E-state index < -0.39 is 0 Å². The van der Waals surface area contributed by atoms with E-state index in [2.05, 4.69) is 10.3 Å². The van der Waals surface area contributed by atoms with Crippen molar-refractivity contribution in [2.75, 3.05) is 0 Å². The maximum absolute atomic E-state index is 11.7. The SMILES string of the molecule is NCc1cn(CC(=O)c2ccsc2)nn1. The summed E-state index contributed by atoms with van der Waals surface area (Å²) >= 11 is 1.50. The molecule has 0 saturated carbocycles. The van der Waals surface area contributed by atoms with Gasteiger partial charge in [0.25, 0.3) is 0 Å². The zero-order valence-electron chi connectivity index (χ0n) is 7.96. The quantitative estimate of drug-likeness (QED) is 0.772. The normalized spacial score (nSPS) is 10.5. The highest BCUT2D eigenvalue weighted by atomic mass is 32.1. The summed E-state index contributed by atoms with van der Waals surface area (Å²) in [6.45, 7) is 0.552. The molecule has 0 spiro atoms. The lowest BCUT2D eigenvalue weighted by atomic mass is 10.2. The standard InChI is InChI=1S/C9H10N4OS/c10-3-8-4-13(12-11-8)5-9(14)7-1-2-15-6-7/h1-2,4,6H,3,5,10H2. The summed E-state index contributed by atoms with van der Waals surface area (Å²) in [5.74, 6) is 0.0321. The molecule has 0 fully saturated rings.